The van der Waals surface area contributed by atoms with E-state index in [1.807, 2.05) is 25.1 Å². The van der Waals surface area contributed by atoms with E-state index in [0.717, 1.165) is 24.4 Å². The van der Waals surface area contributed by atoms with Crippen LogP contribution in [-0.4, -0.2) is 21.6 Å². The molecule has 2 heterocycles. The van der Waals surface area contributed by atoms with E-state index in [1.165, 1.54) is 0 Å². The van der Waals surface area contributed by atoms with Gasteiger partial charge in [-0.2, -0.15) is 4.98 Å². The Morgan fingerprint density at radius 3 is 2.86 bits per heavy atom. The molecule has 0 unspecified atom stereocenters. The summed E-state index contributed by atoms with van der Waals surface area (Å²) in [7, 11) is 0. The van der Waals surface area contributed by atoms with Gasteiger partial charge in [0.15, 0.2) is 5.82 Å². The Hall–Kier alpha value is -2.37. The van der Waals surface area contributed by atoms with Gasteiger partial charge in [-0.15, -0.1) is 0 Å². The molecule has 0 bridgehead atoms. The van der Waals surface area contributed by atoms with E-state index in [4.69, 9.17) is 10.5 Å². The van der Waals surface area contributed by atoms with Gasteiger partial charge in [0.2, 0.25) is 5.88 Å². The summed E-state index contributed by atoms with van der Waals surface area (Å²) in [5.74, 6) is 2.36. The van der Waals surface area contributed by atoms with Crippen LogP contribution in [0.15, 0.2) is 24.4 Å². The number of hydrogen-bond donors (Lipinski definition) is 2. The number of nitrogens with zero attached hydrogens (tertiary/aromatic N) is 3. The van der Waals surface area contributed by atoms with Crippen LogP contribution in [0.4, 0.5) is 11.5 Å². The molecule has 21 heavy (non-hydrogen) atoms. The van der Waals surface area contributed by atoms with Crippen LogP contribution in [0.25, 0.3) is 0 Å². The summed E-state index contributed by atoms with van der Waals surface area (Å²) < 4.78 is 5.52. The first-order chi connectivity index (χ1) is 10.3. The van der Waals surface area contributed by atoms with Gasteiger partial charge >= 0.3 is 0 Å². The van der Waals surface area contributed by atoms with Crippen molar-refractivity contribution in [1.82, 2.24) is 15.0 Å². The standard InChI is InChI=1S/C15H19N5O/c1-2-21-15-12(16)14(19-13(20-15)10-6-7-10)18-9-11-5-3-4-8-17-11/h3-5,8,10H,2,6-7,9,16H2,1H3,(H,18,19,20). The molecule has 2 aromatic rings. The minimum Gasteiger partial charge on any atom is -0.476 e. The van der Waals surface area contributed by atoms with E-state index in [1.54, 1.807) is 6.20 Å². The lowest BCUT2D eigenvalue weighted by atomic mass is 10.3. The van der Waals surface area contributed by atoms with Gasteiger partial charge in [-0.3, -0.25) is 4.98 Å². The van der Waals surface area contributed by atoms with Crippen molar-refractivity contribution in [2.24, 2.45) is 0 Å². The minimum absolute atomic E-state index is 0.445. The van der Waals surface area contributed by atoms with E-state index >= 15 is 0 Å². The van der Waals surface area contributed by atoms with Crippen LogP contribution >= 0.6 is 0 Å². The summed E-state index contributed by atoms with van der Waals surface area (Å²) in [6.45, 7) is 3.02. The predicted octanol–water partition coefficient (Wildman–Crippen LogP) is 2.34. The molecule has 1 fully saturated rings. The van der Waals surface area contributed by atoms with E-state index in [2.05, 4.69) is 20.3 Å². The second-order valence-electron chi connectivity index (χ2n) is 5.03. The third kappa shape index (κ3) is 3.21. The van der Waals surface area contributed by atoms with Gasteiger partial charge in [0.1, 0.15) is 11.5 Å². The quantitative estimate of drug-likeness (QED) is 0.847. The van der Waals surface area contributed by atoms with Crippen LogP contribution in [0.1, 0.15) is 37.2 Å². The molecule has 0 spiro atoms. The molecule has 6 heteroatoms. The van der Waals surface area contributed by atoms with Crippen molar-refractivity contribution in [3.8, 4) is 5.88 Å². The number of ether oxygens (including phenoxy) is 1. The fourth-order valence-corrected chi connectivity index (χ4v) is 2.05. The normalized spacial score (nSPS) is 14.0. The lowest BCUT2D eigenvalue weighted by molar-refractivity contribution is 0.327. The zero-order chi connectivity index (χ0) is 14.7. The van der Waals surface area contributed by atoms with Gasteiger partial charge in [0, 0.05) is 12.1 Å². The number of nitrogen functional groups attached to an aromatic ring is 1. The molecule has 3 rings (SSSR count). The first kappa shape index (κ1) is 13.6. The minimum atomic E-state index is 0.445. The third-order valence-electron chi connectivity index (χ3n) is 3.31. The molecule has 110 valence electrons. The molecule has 1 saturated carbocycles. The van der Waals surface area contributed by atoms with Crippen LogP contribution < -0.4 is 15.8 Å². The summed E-state index contributed by atoms with van der Waals surface area (Å²) in [5, 5.41) is 3.23. The van der Waals surface area contributed by atoms with Crippen LogP contribution in [0.3, 0.4) is 0 Å². The summed E-state index contributed by atoms with van der Waals surface area (Å²) >= 11 is 0. The highest BCUT2D eigenvalue weighted by Crippen LogP contribution is 2.40. The Morgan fingerprint density at radius 1 is 1.33 bits per heavy atom. The lowest BCUT2D eigenvalue weighted by Crippen LogP contribution is -2.11. The molecule has 3 N–H and O–H groups in total. The molecule has 1 aliphatic rings. The zero-order valence-electron chi connectivity index (χ0n) is 12.0. The molecule has 0 atom stereocenters. The SMILES string of the molecule is CCOc1nc(C2CC2)nc(NCc2ccccn2)c1N. The lowest BCUT2D eigenvalue weighted by Gasteiger charge is -2.13. The monoisotopic (exact) mass is 285 g/mol. The number of aromatic nitrogens is 3. The first-order valence-electron chi connectivity index (χ1n) is 7.22. The van der Waals surface area contributed by atoms with Crippen LogP contribution in [0, 0.1) is 0 Å². The van der Waals surface area contributed by atoms with Gasteiger partial charge in [-0.1, -0.05) is 6.07 Å². The highest BCUT2D eigenvalue weighted by Gasteiger charge is 2.28. The molecule has 0 radical (unpaired) electrons. The van der Waals surface area contributed by atoms with E-state index in [9.17, 15) is 0 Å². The Balaban J connectivity index is 1.82. The molecule has 2 aromatic heterocycles. The van der Waals surface area contributed by atoms with Gasteiger partial charge in [-0.05, 0) is 31.9 Å². The largest absolute Gasteiger partial charge is 0.476 e. The van der Waals surface area contributed by atoms with Crippen molar-refractivity contribution in [1.29, 1.82) is 0 Å². The van der Waals surface area contributed by atoms with E-state index < -0.39 is 0 Å². The first-order valence-corrected chi connectivity index (χ1v) is 7.22. The van der Waals surface area contributed by atoms with Crippen molar-refractivity contribution in [3.63, 3.8) is 0 Å². The van der Waals surface area contributed by atoms with Gasteiger partial charge in [-0.25, -0.2) is 4.98 Å². The number of pyridine rings is 1. The van der Waals surface area contributed by atoms with E-state index in [0.29, 0.717) is 36.5 Å². The third-order valence-corrected chi connectivity index (χ3v) is 3.31. The van der Waals surface area contributed by atoms with Crippen LogP contribution in [0.5, 0.6) is 5.88 Å². The molecule has 0 aliphatic heterocycles. The average molecular weight is 285 g/mol. The second kappa shape index (κ2) is 5.95. The Labute approximate surface area is 123 Å². The molecule has 0 amide bonds. The highest BCUT2D eigenvalue weighted by molar-refractivity contribution is 5.67. The Bertz CT molecular complexity index is 613. The topological polar surface area (TPSA) is 86.0 Å². The van der Waals surface area contributed by atoms with Crippen molar-refractivity contribution in [2.75, 3.05) is 17.7 Å². The summed E-state index contributed by atoms with van der Waals surface area (Å²) in [4.78, 5) is 13.2. The smallest absolute Gasteiger partial charge is 0.242 e. The second-order valence-corrected chi connectivity index (χ2v) is 5.03. The van der Waals surface area contributed by atoms with Crippen LogP contribution in [0.2, 0.25) is 0 Å². The van der Waals surface area contributed by atoms with Crippen molar-refractivity contribution in [2.45, 2.75) is 32.2 Å². The fourth-order valence-electron chi connectivity index (χ4n) is 2.05. The molecular weight excluding hydrogens is 266 g/mol. The molecule has 6 nitrogen and oxygen atoms in total. The number of anilines is 2. The Morgan fingerprint density at radius 2 is 2.19 bits per heavy atom. The average Bonchev–Trinajstić information content (AvgIpc) is 3.34. The summed E-state index contributed by atoms with van der Waals surface area (Å²) in [6.07, 6.45) is 4.03. The van der Waals surface area contributed by atoms with Gasteiger partial charge < -0.3 is 15.8 Å². The fraction of sp³-hybridized carbons (Fsp3) is 0.400. The molecule has 1 aliphatic carbocycles. The van der Waals surface area contributed by atoms with Crippen LogP contribution in [-0.2, 0) is 6.54 Å². The van der Waals surface area contributed by atoms with Gasteiger partial charge in [0.25, 0.3) is 0 Å². The maximum Gasteiger partial charge on any atom is 0.242 e. The van der Waals surface area contributed by atoms with Crippen molar-refractivity contribution in [3.05, 3.63) is 35.9 Å². The van der Waals surface area contributed by atoms with Crippen molar-refractivity contribution < 1.29 is 4.74 Å². The van der Waals surface area contributed by atoms with Crippen molar-refractivity contribution >= 4 is 11.5 Å². The number of hydrogen-bond acceptors (Lipinski definition) is 6. The number of rotatable bonds is 6. The number of nitrogens with two attached hydrogens (primary N) is 1. The van der Waals surface area contributed by atoms with E-state index in [-0.39, 0.29) is 0 Å². The molecular formula is C15H19N5O. The highest BCUT2D eigenvalue weighted by atomic mass is 16.5. The molecule has 0 saturated heterocycles. The summed E-state index contributed by atoms with van der Waals surface area (Å²) in [5.41, 5.74) is 7.48. The summed E-state index contributed by atoms with van der Waals surface area (Å²) in [6, 6.07) is 5.80. The van der Waals surface area contributed by atoms with Gasteiger partial charge in [0.05, 0.1) is 18.8 Å². The maximum atomic E-state index is 6.09. The number of nitrogens with one attached hydrogen (secondary N) is 1. The maximum absolute atomic E-state index is 6.09. The zero-order valence-corrected chi connectivity index (χ0v) is 12.0. The Kier molecular flexibility index (Phi) is 3.85. The molecule has 0 aromatic carbocycles. The predicted molar refractivity (Wildman–Crippen MR) is 81.2 cm³/mol.